The number of methoxy groups -OCH3 is 2. The fraction of sp³-hybridized carbons (Fsp3) is 0.368. The van der Waals surface area contributed by atoms with Gasteiger partial charge in [0.1, 0.15) is 5.75 Å². The Morgan fingerprint density at radius 1 is 1.17 bits per heavy atom. The Bertz CT molecular complexity index is 806. The molecule has 5 heteroatoms. The van der Waals surface area contributed by atoms with Crippen LogP contribution in [0.5, 0.6) is 17.2 Å². The summed E-state index contributed by atoms with van der Waals surface area (Å²) in [5.74, 6) is 1.72. The van der Waals surface area contributed by atoms with Crippen molar-refractivity contribution in [2.24, 2.45) is 0 Å². The Kier molecular flexibility index (Phi) is 3.93. The number of fused-ring (bicyclic) bond motifs is 4. The number of benzene rings is 2. The summed E-state index contributed by atoms with van der Waals surface area (Å²) in [6.45, 7) is 1.73. The molecule has 0 saturated carbocycles. The number of phenols is 1. The zero-order chi connectivity index (χ0) is 16.8. The Labute approximate surface area is 150 Å². The van der Waals surface area contributed by atoms with Gasteiger partial charge < -0.3 is 14.6 Å². The molecule has 2 aliphatic rings. The van der Waals surface area contributed by atoms with Crippen molar-refractivity contribution in [3.8, 4) is 17.2 Å². The predicted octanol–water partition coefficient (Wildman–Crippen LogP) is 3.83. The van der Waals surface area contributed by atoms with Crippen molar-refractivity contribution in [2.75, 3.05) is 20.8 Å². The first-order chi connectivity index (χ1) is 11.6. The number of halogens is 1. The van der Waals surface area contributed by atoms with E-state index >= 15 is 0 Å². The SMILES string of the molecule is COc1ccc2c(c1)CCN1Cc3c(O)c(OC)cc(Br)c3CC21. The van der Waals surface area contributed by atoms with Crippen LogP contribution in [0.1, 0.15) is 28.3 Å². The van der Waals surface area contributed by atoms with Crippen LogP contribution in [0.3, 0.4) is 0 Å². The summed E-state index contributed by atoms with van der Waals surface area (Å²) in [5.41, 5.74) is 4.90. The molecule has 1 atom stereocenters. The normalized spacial score (nSPS) is 19.2. The van der Waals surface area contributed by atoms with Gasteiger partial charge in [-0.25, -0.2) is 0 Å². The van der Waals surface area contributed by atoms with Crippen LogP contribution in [-0.4, -0.2) is 30.8 Å². The largest absolute Gasteiger partial charge is 0.504 e. The third kappa shape index (κ3) is 2.38. The van der Waals surface area contributed by atoms with Gasteiger partial charge in [0.2, 0.25) is 0 Å². The molecule has 24 heavy (non-hydrogen) atoms. The second-order valence-corrected chi connectivity index (χ2v) is 7.23. The predicted molar refractivity (Wildman–Crippen MR) is 95.9 cm³/mol. The van der Waals surface area contributed by atoms with Crippen molar-refractivity contribution in [1.29, 1.82) is 0 Å². The maximum Gasteiger partial charge on any atom is 0.162 e. The molecular weight excluding hydrogens is 370 g/mol. The molecule has 0 radical (unpaired) electrons. The van der Waals surface area contributed by atoms with Crippen LogP contribution in [0.25, 0.3) is 0 Å². The first-order valence-electron chi connectivity index (χ1n) is 8.10. The van der Waals surface area contributed by atoms with E-state index in [2.05, 4.69) is 33.0 Å². The molecule has 0 bridgehead atoms. The van der Waals surface area contributed by atoms with Crippen LogP contribution < -0.4 is 9.47 Å². The fourth-order valence-corrected chi connectivity index (χ4v) is 4.55. The highest BCUT2D eigenvalue weighted by Gasteiger charge is 2.35. The molecule has 0 aromatic heterocycles. The van der Waals surface area contributed by atoms with E-state index in [0.29, 0.717) is 11.8 Å². The van der Waals surface area contributed by atoms with E-state index < -0.39 is 0 Å². The first-order valence-corrected chi connectivity index (χ1v) is 8.89. The van der Waals surface area contributed by atoms with Crippen LogP contribution in [0.4, 0.5) is 0 Å². The maximum absolute atomic E-state index is 10.5. The zero-order valence-electron chi connectivity index (χ0n) is 13.8. The quantitative estimate of drug-likeness (QED) is 0.847. The van der Waals surface area contributed by atoms with Crippen LogP contribution in [0, 0.1) is 0 Å². The van der Waals surface area contributed by atoms with Gasteiger partial charge in [0.05, 0.1) is 14.2 Å². The van der Waals surface area contributed by atoms with Gasteiger partial charge >= 0.3 is 0 Å². The minimum Gasteiger partial charge on any atom is -0.504 e. The molecule has 2 heterocycles. The molecule has 1 N–H and O–H groups in total. The fourth-order valence-electron chi connectivity index (χ4n) is 3.94. The van der Waals surface area contributed by atoms with Crippen molar-refractivity contribution in [3.63, 3.8) is 0 Å². The minimum absolute atomic E-state index is 0.273. The van der Waals surface area contributed by atoms with Crippen LogP contribution in [-0.2, 0) is 19.4 Å². The molecule has 126 valence electrons. The lowest BCUT2D eigenvalue weighted by molar-refractivity contribution is 0.157. The van der Waals surface area contributed by atoms with Gasteiger partial charge in [-0.15, -0.1) is 0 Å². The van der Waals surface area contributed by atoms with E-state index in [-0.39, 0.29) is 5.75 Å². The van der Waals surface area contributed by atoms with Crippen molar-refractivity contribution >= 4 is 15.9 Å². The van der Waals surface area contributed by atoms with E-state index in [1.165, 1.54) is 16.7 Å². The third-order valence-electron chi connectivity index (χ3n) is 5.23. The van der Waals surface area contributed by atoms with E-state index in [9.17, 15) is 5.11 Å². The molecule has 2 aliphatic heterocycles. The van der Waals surface area contributed by atoms with Crippen LogP contribution in [0.2, 0.25) is 0 Å². The highest BCUT2D eigenvalue weighted by Crippen LogP contribution is 2.46. The summed E-state index contributed by atoms with van der Waals surface area (Å²) in [4.78, 5) is 2.45. The second-order valence-electron chi connectivity index (χ2n) is 6.37. The van der Waals surface area contributed by atoms with Crippen molar-refractivity contribution in [3.05, 3.63) is 51.0 Å². The number of aromatic hydroxyl groups is 1. The summed E-state index contributed by atoms with van der Waals surface area (Å²) in [6, 6.07) is 8.59. The van der Waals surface area contributed by atoms with Gasteiger partial charge in [0, 0.05) is 29.2 Å². The van der Waals surface area contributed by atoms with E-state index in [0.717, 1.165) is 41.7 Å². The number of hydrogen-bond acceptors (Lipinski definition) is 4. The second kappa shape index (κ2) is 5.97. The third-order valence-corrected chi connectivity index (χ3v) is 5.93. The molecule has 4 rings (SSSR count). The van der Waals surface area contributed by atoms with Gasteiger partial charge in [0.25, 0.3) is 0 Å². The molecule has 0 aliphatic carbocycles. The summed E-state index contributed by atoms with van der Waals surface area (Å²) in [5, 5.41) is 10.5. The summed E-state index contributed by atoms with van der Waals surface area (Å²) in [6.07, 6.45) is 1.89. The number of rotatable bonds is 2. The molecule has 0 saturated heterocycles. The lowest BCUT2D eigenvalue weighted by Crippen LogP contribution is -2.39. The molecule has 0 spiro atoms. The van der Waals surface area contributed by atoms with Gasteiger partial charge in [0.15, 0.2) is 11.5 Å². The molecule has 2 aromatic rings. The Morgan fingerprint density at radius 2 is 2.00 bits per heavy atom. The first kappa shape index (κ1) is 15.8. The van der Waals surface area contributed by atoms with Crippen molar-refractivity contribution < 1.29 is 14.6 Å². The standard InChI is InChI=1S/C19H20BrNO3/c1-23-12-3-4-13-11(7-12)5-6-21-10-15-14(8-17(13)21)16(20)9-18(24-2)19(15)22/h3-4,7,9,17,22H,5-6,8,10H2,1-2H3. The number of ether oxygens (including phenoxy) is 2. The van der Waals surface area contributed by atoms with Gasteiger partial charge in [-0.05, 0) is 47.7 Å². The monoisotopic (exact) mass is 389 g/mol. The summed E-state index contributed by atoms with van der Waals surface area (Å²) in [7, 11) is 3.30. The average Bonchev–Trinajstić information content (AvgIpc) is 2.62. The summed E-state index contributed by atoms with van der Waals surface area (Å²) < 4.78 is 11.7. The molecule has 2 aromatic carbocycles. The topological polar surface area (TPSA) is 41.9 Å². The number of hydrogen-bond donors (Lipinski definition) is 1. The van der Waals surface area contributed by atoms with E-state index in [4.69, 9.17) is 9.47 Å². The summed E-state index contributed by atoms with van der Waals surface area (Å²) >= 11 is 3.66. The van der Waals surface area contributed by atoms with Crippen LogP contribution in [0.15, 0.2) is 28.7 Å². The molecule has 1 unspecified atom stereocenters. The Morgan fingerprint density at radius 3 is 2.75 bits per heavy atom. The Hall–Kier alpha value is -1.72. The Balaban J connectivity index is 1.77. The lowest BCUT2D eigenvalue weighted by atomic mass is 9.83. The molecule has 0 fully saturated rings. The molecule has 0 amide bonds. The van der Waals surface area contributed by atoms with E-state index in [1.807, 2.05) is 12.1 Å². The lowest BCUT2D eigenvalue weighted by Gasteiger charge is -2.42. The minimum atomic E-state index is 0.273. The van der Waals surface area contributed by atoms with Crippen molar-refractivity contribution in [2.45, 2.75) is 25.4 Å². The number of phenolic OH excluding ortho intramolecular Hbond substituents is 1. The highest BCUT2D eigenvalue weighted by molar-refractivity contribution is 9.10. The molecule has 4 nitrogen and oxygen atoms in total. The van der Waals surface area contributed by atoms with Crippen molar-refractivity contribution in [1.82, 2.24) is 4.90 Å². The van der Waals surface area contributed by atoms with Gasteiger partial charge in [-0.2, -0.15) is 0 Å². The number of nitrogens with zero attached hydrogens (tertiary/aromatic N) is 1. The van der Waals surface area contributed by atoms with Gasteiger partial charge in [-0.3, -0.25) is 4.90 Å². The smallest absolute Gasteiger partial charge is 0.162 e. The van der Waals surface area contributed by atoms with Crippen LogP contribution >= 0.6 is 15.9 Å². The highest BCUT2D eigenvalue weighted by atomic mass is 79.9. The maximum atomic E-state index is 10.5. The molecular formula is C19H20BrNO3. The average molecular weight is 390 g/mol. The van der Waals surface area contributed by atoms with Gasteiger partial charge in [-0.1, -0.05) is 22.0 Å². The zero-order valence-corrected chi connectivity index (χ0v) is 15.4. The van der Waals surface area contributed by atoms with E-state index in [1.54, 1.807) is 14.2 Å².